The number of amidine groups is 1. The molecule has 4 N–H and O–H groups in total. The average molecular weight is 226 g/mol. The van der Waals surface area contributed by atoms with Gasteiger partial charge < -0.3 is 11.5 Å². The zero-order valence-corrected chi connectivity index (χ0v) is 9.59. The van der Waals surface area contributed by atoms with Crippen molar-refractivity contribution in [2.24, 2.45) is 16.5 Å². The number of hydrogen-bond acceptors (Lipinski definition) is 3. The van der Waals surface area contributed by atoms with E-state index in [0.29, 0.717) is 11.5 Å². The van der Waals surface area contributed by atoms with Crippen LogP contribution in [0, 0.1) is 0 Å². The van der Waals surface area contributed by atoms with Crippen molar-refractivity contribution in [2.45, 2.75) is 6.92 Å². The first-order valence-corrected chi connectivity index (χ1v) is 5.28. The van der Waals surface area contributed by atoms with Gasteiger partial charge in [-0.25, -0.2) is 4.99 Å². The van der Waals surface area contributed by atoms with E-state index in [9.17, 15) is 0 Å². The molecular weight excluding hydrogens is 212 g/mol. The second-order valence-electron chi connectivity index (χ2n) is 3.77. The van der Waals surface area contributed by atoms with Gasteiger partial charge in [0, 0.05) is 17.3 Å². The lowest BCUT2D eigenvalue weighted by atomic mass is 10.2. The Bertz CT molecular complexity index is 590. The maximum absolute atomic E-state index is 5.77. The Morgan fingerprint density at radius 2 is 2.06 bits per heavy atom. The number of hydrogen-bond donors (Lipinski definition) is 2. The van der Waals surface area contributed by atoms with E-state index >= 15 is 0 Å². The topological polar surface area (TPSA) is 77.3 Å². The molecule has 2 aromatic rings. The molecule has 17 heavy (non-hydrogen) atoms. The average Bonchev–Trinajstić information content (AvgIpc) is 2.28. The van der Waals surface area contributed by atoms with E-state index in [0.717, 1.165) is 16.6 Å². The molecule has 0 atom stereocenters. The Balaban J connectivity index is 2.53. The van der Waals surface area contributed by atoms with Gasteiger partial charge in [0.15, 0.2) is 0 Å². The fourth-order valence-corrected chi connectivity index (χ4v) is 1.59. The number of nitrogens with two attached hydrogens (primary N) is 2. The molecule has 86 valence electrons. The molecule has 0 amide bonds. The molecule has 0 radical (unpaired) electrons. The van der Waals surface area contributed by atoms with Gasteiger partial charge in [-0.3, -0.25) is 4.98 Å². The van der Waals surface area contributed by atoms with Crippen LogP contribution >= 0.6 is 0 Å². The van der Waals surface area contributed by atoms with Gasteiger partial charge in [-0.1, -0.05) is 6.07 Å². The van der Waals surface area contributed by atoms with Crippen LogP contribution in [0.1, 0.15) is 6.92 Å². The fraction of sp³-hybridized carbons (Fsp3) is 0.0769. The first-order valence-electron chi connectivity index (χ1n) is 5.28. The largest absolute Gasteiger partial charge is 0.402 e. The second kappa shape index (κ2) is 4.65. The van der Waals surface area contributed by atoms with Crippen molar-refractivity contribution < 1.29 is 0 Å². The molecule has 0 unspecified atom stereocenters. The molecule has 1 heterocycles. The van der Waals surface area contributed by atoms with Crippen LogP contribution in [0.3, 0.4) is 0 Å². The van der Waals surface area contributed by atoms with E-state index in [1.54, 1.807) is 19.2 Å². The van der Waals surface area contributed by atoms with Crippen molar-refractivity contribution in [3.63, 3.8) is 0 Å². The number of benzene rings is 1. The second-order valence-corrected chi connectivity index (χ2v) is 3.77. The number of aliphatic imine (C=N–C) groups is 1. The summed E-state index contributed by atoms with van der Waals surface area (Å²) in [6.07, 6.45) is 3.39. The van der Waals surface area contributed by atoms with E-state index in [-0.39, 0.29) is 0 Å². The Labute approximate surface area is 99.7 Å². The van der Waals surface area contributed by atoms with Crippen molar-refractivity contribution >= 4 is 22.4 Å². The van der Waals surface area contributed by atoms with Crippen LogP contribution in [0.5, 0.6) is 0 Å². The molecule has 0 saturated heterocycles. The van der Waals surface area contributed by atoms with Gasteiger partial charge in [0.1, 0.15) is 5.84 Å². The van der Waals surface area contributed by atoms with Crippen LogP contribution in [-0.2, 0) is 0 Å². The Morgan fingerprint density at radius 1 is 1.24 bits per heavy atom. The SMILES string of the molecule is CC(N)=CC(N)=Nc1cccc2ncccc12. The minimum Gasteiger partial charge on any atom is -0.402 e. The van der Waals surface area contributed by atoms with Crippen LogP contribution < -0.4 is 11.5 Å². The molecule has 0 fully saturated rings. The number of pyridine rings is 1. The summed E-state index contributed by atoms with van der Waals surface area (Å²) in [7, 11) is 0. The quantitative estimate of drug-likeness (QED) is 0.608. The van der Waals surface area contributed by atoms with E-state index < -0.39 is 0 Å². The molecule has 0 saturated carbocycles. The number of rotatable bonds is 2. The molecule has 0 spiro atoms. The maximum atomic E-state index is 5.77. The summed E-state index contributed by atoms with van der Waals surface area (Å²) in [4.78, 5) is 8.59. The monoisotopic (exact) mass is 226 g/mol. The molecule has 4 heteroatoms. The van der Waals surface area contributed by atoms with Gasteiger partial charge in [-0.2, -0.15) is 0 Å². The number of aromatic nitrogens is 1. The Kier molecular flexibility index (Phi) is 3.05. The molecule has 1 aromatic heterocycles. The Hall–Kier alpha value is -2.36. The number of fused-ring (bicyclic) bond motifs is 1. The van der Waals surface area contributed by atoms with Crippen LogP contribution in [0.15, 0.2) is 53.3 Å². The summed E-state index contributed by atoms with van der Waals surface area (Å²) >= 11 is 0. The van der Waals surface area contributed by atoms with Gasteiger partial charge in [-0.05, 0) is 37.3 Å². The van der Waals surface area contributed by atoms with Crippen molar-refractivity contribution in [3.8, 4) is 0 Å². The third kappa shape index (κ3) is 2.60. The standard InChI is InChI=1S/C13H14N4/c1-9(14)8-13(15)17-12-6-2-5-11-10(12)4-3-7-16-11/h2-8H,14H2,1H3,(H2,15,17). The molecule has 0 aliphatic heterocycles. The van der Waals surface area contributed by atoms with Crippen molar-refractivity contribution in [2.75, 3.05) is 0 Å². The summed E-state index contributed by atoms with van der Waals surface area (Å²) in [5, 5.41) is 0.973. The fourth-order valence-electron chi connectivity index (χ4n) is 1.59. The first-order chi connectivity index (χ1) is 8.16. The zero-order chi connectivity index (χ0) is 12.3. The van der Waals surface area contributed by atoms with Crippen molar-refractivity contribution in [3.05, 3.63) is 48.3 Å². The van der Waals surface area contributed by atoms with Gasteiger partial charge in [-0.15, -0.1) is 0 Å². The third-order valence-corrected chi connectivity index (χ3v) is 2.25. The molecule has 0 aliphatic carbocycles. The van der Waals surface area contributed by atoms with Gasteiger partial charge in [0.25, 0.3) is 0 Å². The third-order valence-electron chi connectivity index (χ3n) is 2.25. The molecule has 2 rings (SSSR count). The summed E-state index contributed by atoms with van der Waals surface area (Å²) in [6, 6.07) is 9.58. The minimum atomic E-state index is 0.390. The number of nitrogens with zero attached hydrogens (tertiary/aromatic N) is 2. The van der Waals surface area contributed by atoms with E-state index in [4.69, 9.17) is 11.5 Å². The predicted octanol–water partition coefficient (Wildman–Crippen LogP) is 2.09. The smallest absolute Gasteiger partial charge is 0.125 e. The predicted molar refractivity (Wildman–Crippen MR) is 71.0 cm³/mol. The van der Waals surface area contributed by atoms with E-state index in [1.165, 1.54) is 0 Å². The highest BCUT2D eigenvalue weighted by Gasteiger charge is 1.99. The van der Waals surface area contributed by atoms with Crippen molar-refractivity contribution in [1.29, 1.82) is 0 Å². The van der Waals surface area contributed by atoms with E-state index in [2.05, 4.69) is 9.98 Å². The Morgan fingerprint density at radius 3 is 2.82 bits per heavy atom. The summed E-state index contributed by atoms with van der Waals surface area (Å²) in [6.45, 7) is 1.77. The molecule has 0 bridgehead atoms. The van der Waals surface area contributed by atoms with Crippen LogP contribution in [-0.4, -0.2) is 10.8 Å². The minimum absolute atomic E-state index is 0.390. The molecule has 1 aromatic carbocycles. The first kappa shape index (κ1) is 11.1. The van der Waals surface area contributed by atoms with Gasteiger partial charge >= 0.3 is 0 Å². The van der Waals surface area contributed by atoms with E-state index in [1.807, 2.05) is 30.3 Å². The summed E-state index contributed by atoms with van der Waals surface area (Å²) < 4.78 is 0. The van der Waals surface area contributed by atoms with Crippen molar-refractivity contribution in [1.82, 2.24) is 4.98 Å². The summed E-state index contributed by atoms with van der Waals surface area (Å²) in [5.41, 5.74) is 13.6. The lowest BCUT2D eigenvalue weighted by Crippen LogP contribution is -2.09. The lowest BCUT2D eigenvalue weighted by molar-refractivity contribution is 1.32. The molecular formula is C13H14N4. The normalized spacial score (nSPS) is 13.0. The molecule has 4 nitrogen and oxygen atoms in total. The van der Waals surface area contributed by atoms with Gasteiger partial charge in [0.05, 0.1) is 11.2 Å². The maximum Gasteiger partial charge on any atom is 0.125 e. The van der Waals surface area contributed by atoms with Crippen LogP contribution in [0.4, 0.5) is 5.69 Å². The molecule has 0 aliphatic rings. The van der Waals surface area contributed by atoms with Crippen LogP contribution in [0.25, 0.3) is 10.9 Å². The highest BCUT2D eigenvalue weighted by atomic mass is 14.9. The van der Waals surface area contributed by atoms with Gasteiger partial charge in [0.2, 0.25) is 0 Å². The highest BCUT2D eigenvalue weighted by Crippen LogP contribution is 2.23. The number of allylic oxidation sites excluding steroid dienone is 1. The highest BCUT2D eigenvalue weighted by molar-refractivity contribution is 5.98. The van der Waals surface area contributed by atoms with Crippen LogP contribution in [0.2, 0.25) is 0 Å². The summed E-state index contributed by atoms with van der Waals surface area (Å²) in [5.74, 6) is 0.390. The zero-order valence-electron chi connectivity index (χ0n) is 9.59. The lowest BCUT2D eigenvalue weighted by Gasteiger charge is -2.01.